The van der Waals surface area contributed by atoms with E-state index in [4.69, 9.17) is 4.42 Å². The van der Waals surface area contributed by atoms with Gasteiger partial charge in [-0.15, -0.1) is 0 Å². The summed E-state index contributed by atoms with van der Waals surface area (Å²) in [7, 11) is -2.60. The van der Waals surface area contributed by atoms with E-state index in [2.05, 4.69) is 10.3 Å². The van der Waals surface area contributed by atoms with Crippen molar-refractivity contribution in [1.82, 2.24) is 4.98 Å². The lowest BCUT2D eigenvalue weighted by Gasteiger charge is -2.02. The van der Waals surface area contributed by atoms with Crippen LogP contribution in [-0.4, -0.2) is 20.4 Å². The summed E-state index contributed by atoms with van der Waals surface area (Å²) >= 11 is 0. The lowest BCUT2D eigenvalue weighted by Crippen LogP contribution is -2.05. The van der Waals surface area contributed by atoms with Gasteiger partial charge in [0, 0.05) is 7.05 Å². The molecule has 0 bridgehead atoms. The van der Waals surface area contributed by atoms with E-state index in [1.54, 1.807) is 6.07 Å². The molecule has 1 heterocycles. The topological polar surface area (TPSA) is 72.2 Å². The average molecular weight is 350 g/mol. The van der Waals surface area contributed by atoms with Crippen molar-refractivity contribution in [2.45, 2.75) is 9.92 Å². The van der Waals surface area contributed by atoms with Crippen LogP contribution in [0.2, 0.25) is 0 Å². The summed E-state index contributed by atoms with van der Waals surface area (Å²) in [5, 5.41) is 2.19. The molecule has 2 aromatic carbocycles. The molecule has 0 unspecified atom stereocenters. The fourth-order valence-electron chi connectivity index (χ4n) is 2.12. The highest BCUT2D eigenvalue weighted by atomic mass is 32.2. The van der Waals surface area contributed by atoms with E-state index in [-0.39, 0.29) is 22.2 Å². The molecular weight excluding hydrogens is 338 g/mol. The first kappa shape index (κ1) is 16.1. The molecular formula is C16H12F2N2O3S. The summed E-state index contributed by atoms with van der Waals surface area (Å²) in [4.78, 5) is 3.79. The lowest BCUT2D eigenvalue weighted by atomic mass is 10.2. The highest BCUT2D eigenvalue weighted by Crippen LogP contribution is 2.32. The van der Waals surface area contributed by atoms with Crippen molar-refractivity contribution in [3.05, 3.63) is 60.2 Å². The maximum atomic E-state index is 13.9. The molecule has 1 N–H and O–H groups in total. The normalized spacial score (nSPS) is 11.5. The van der Waals surface area contributed by atoms with E-state index < -0.39 is 26.5 Å². The van der Waals surface area contributed by atoms with Crippen LogP contribution in [0.4, 0.5) is 14.7 Å². The van der Waals surface area contributed by atoms with Gasteiger partial charge in [-0.2, -0.15) is 4.98 Å². The number of sulfone groups is 1. The van der Waals surface area contributed by atoms with E-state index in [1.807, 2.05) is 0 Å². The lowest BCUT2D eigenvalue weighted by molar-refractivity contribution is 0.570. The summed E-state index contributed by atoms with van der Waals surface area (Å²) in [6.07, 6.45) is 0. The highest BCUT2D eigenvalue weighted by molar-refractivity contribution is 7.91. The van der Waals surface area contributed by atoms with E-state index >= 15 is 0 Å². The number of hydrogen-bond donors (Lipinski definition) is 1. The quantitative estimate of drug-likeness (QED) is 0.729. The maximum Gasteiger partial charge on any atom is 0.233 e. The predicted octanol–water partition coefficient (Wildman–Crippen LogP) is 3.49. The summed E-state index contributed by atoms with van der Waals surface area (Å²) in [5.74, 6) is -1.45. The molecule has 0 aliphatic heterocycles. The Kier molecular flexibility index (Phi) is 4.06. The molecule has 0 amide bonds. The van der Waals surface area contributed by atoms with Crippen molar-refractivity contribution < 1.29 is 21.6 Å². The molecule has 5 nitrogen and oxygen atoms in total. The summed E-state index contributed by atoms with van der Waals surface area (Å²) in [6, 6.07) is 10.0. The number of halogens is 2. The minimum Gasteiger partial charge on any atom is -0.419 e. The molecule has 1 aromatic heterocycles. The Morgan fingerprint density at radius 1 is 1.04 bits per heavy atom. The van der Waals surface area contributed by atoms with Crippen molar-refractivity contribution in [2.75, 3.05) is 12.4 Å². The van der Waals surface area contributed by atoms with Crippen LogP contribution in [0.1, 0.15) is 0 Å². The maximum absolute atomic E-state index is 13.9. The van der Waals surface area contributed by atoms with Gasteiger partial charge in [0.25, 0.3) is 0 Å². The number of aromatic nitrogens is 1. The Morgan fingerprint density at radius 3 is 2.33 bits per heavy atom. The van der Waals surface area contributed by atoms with Crippen molar-refractivity contribution in [3.63, 3.8) is 0 Å². The fraction of sp³-hybridized carbons (Fsp3) is 0.0625. The van der Waals surface area contributed by atoms with Crippen LogP contribution >= 0.6 is 0 Å². The zero-order chi connectivity index (χ0) is 17.3. The van der Waals surface area contributed by atoms with Gasteiger partial charge in [-0.1, -0.05) is 12.1 Å². The summed E-state index contributed by atoms with van der Waals surface area (Å²) < 4.78 is 57.6. The number of anilines is 1. The Labute approximate surface area is 136 Å². The Morgan fingerprint density at radius 2 is 1.71 bits per heavy atom. The van der Waals surface area contributed by atoms with E-state index in [0.717, 1.165) is 24.3 Å². The molecule has 3 rings (SSSR count). The van der Waals surface area contributed by atoms with Crippen LogP contribution in [0.5, 0.6) is 0 Å². The monoisotopic (exact) mass is 350 g/mol. The fourth-order valence-corrected chi connectivity index (χ4v) is 3.43. The summed E-state index contributed by atoms with van der Waals surface area (Å²) in [6.45, 7) is 0. The third-order valence-corrected chi connectivity index (χ3v) is 4.98. The van der Waals surface area contributed by atoms with Crippen molar-refractivity contribution in [1.29, 1.82) is 0 Å². The van der Waals surface area contributed by atoms with Gasteiger partial charge in [0.15, 0.2) is 0 Å². The minimum atomic E-state index is -4.05. The minimum absolute atomic E-state index is 0.0366. The third-order valence-electron chi connectivity index (χ3n) is 3.31. The number of nitrogens with zero attached hydrogens (tertiary/aromatic N) is 1. The van der Waals surface area contributed by atoms with Gasteiger partial charge in [-0.25, -0.2) is 17.2 Å². The third kappa shape index (κ3) is 2.76. The van der Waals surface area contributed by atoms with Gasteiger partial charge in [0.1, 0.15) is 11.6 Å². The second-order valence-electron chi connectivity index (χ2n) is 4.84. The number of rotatable bonds is 4. The Balaban J connectivity index is 2.15. The number of oxazole rings is 1. The molecule has 124 valence electrons. The van der Waals surface area contributed by atoms with Gasteiger partial charge in [-0.3, -0.25) is 0 Å². The molecule has 3 aromatic rings. The zero-order valence-corrected chi connectivity index (χ0v) is 13.3. The molecule has 0 saturated carbocycles. The first-order chi connectivity index (χ1) is 11.4. The SMILES string of the molecule is CNc1oc(-c2ccccc2F)nc1S(=O)(=O)c1ccc(F)cc1. The van der Waals surface area contributed by atoms with Gasteiger partial charge >= 0.3 is 0 Å². The van der Waals surface area contributed by atoms with Crippen LogP contribution in [0.15, 0.2) is 62.9 Å². The average Bonchev–Trinajstić information content (AvgIpc) is 3.00. The van der Waals surface area contributed by atoms with E-state index in [9.17, 15) is 17.2 Å². The zero-order valence-electron chi connectivity index (χ0n) is 12.5. The van der Waals surface area contributed by atoms with Crippen LogP contribution < -0.4 is 5.32 Å². The van der Waals surface area contributed by atoms with Gasteiger partial charge < -0.3 is 9.73 Å². The molecule has 0 saturated heterocycles. The molecule has 24 heavy (non-hydrogen) atoms. The number of benzene rings is 2. The van der Waals surface area contributed by atoms with E-state index in [1.165, 1.54) is 25.2 Å². The number of nitrogens with one attached hydrogen (secondary N) is 1. The predicted molar refractivity (Wildman–Crippen MR) is 83.3 cm³/mol. The summed E-state index contributed by atoms with van der Waals surface area (Å²) in [5.41, 5.74) is 0.0366. The first-order valence-corrected chi connectivity index (χ1v) is 8.36. The van der Waals surface area contributed by atoms with Crippen LogP contribution in [-0.2, 0) is 9.84 Å². The second kappa shape index (κ2) is 6.04. The van der Waals surface area contributed by atoms with Crippen LogP contribution in [0.25, 0.3) is 11.5 Å². The van der Waals surface area contributed by atoms with Crippen molar-refractivity contribution in [2.24, 2.45) is 0 Å². The Hall–Kier alpha value is -2.74. The molecule has 8 heteroatoms. The van der Waals surface area contributed by atoms with Crippen molar-refractivity contribution >= 4 is 15.7 Å². The molecule has 0 radical (unpaired) electrons. The smallest absolute Gasteiger partial charge is 0.233 e. The van der Waals surface area contributed by atoms with Crippen molar-refractivity contribution in [3.8, 4) is 11.5 Å². The standard InChI is InChI=1S/C16H12F2N2O3S/c1-19-15-16(24(21,22)11-8-6-10(17)7-9-11)20-14(23-15)12-4-2-3-5-13(12)18/h2-9,19H,1H3. The molecule has 0 aliphatic carbocycles. The van der Waals surface area contributed by atoms with Crippen LogP contribution in [0, 0.1) is 11.6 Å². The van der Waals surface area contributed by atoms with Crippen LogP contribution in [0.3, 0.4) is 0 Å². The van der Waals surface area contributed by atoms with Gasteiger partial charge in [0.2, 0.25) is 26.6 Å². The highest BCUT2D eigenvalue weighted by Gasteiger charge is 2.28. The van der Waals surface area contributed by atoms with E-state index in [0.29, 0.717) is 0 Å². The molecule has 0 spiro atoms. The van der Waals surface area contributed by atoms with Gasteiger partial charge in [0.05, 0.1) is 10.5 Å². The number of hydrogen-bond acceptors (Lipinski definition) is 5. The molecule has 0 fully saturated rings. The second-order valence-corrected chi connectivity index (χ2v) is 6.71. The van der Waals surface area contributed by atoms with Gasteiger partial charge in [-0.05, 0) is 36.4 Å². The molecule has 0 atom stereocenters. The Bertz CT molecular complexity index is 983. The molecule has 0 aliphatic rings. The largest absolute Gasteiger partial charge is 0.419 e. The first-order valence-electron chi connectivity index (χ1n) is 6.87.